The Morgan fingerprint density at radius 1 is 0.933 bits per heavy atom. The normalized spacial score (nSPS) is 18.6. The Hall–Kier alpha value is -3.35. The third-order valence-corrected chi connectivity index (χ3v) is 4.72. The highest BCUT2D eigenvalue weighted by Gasteiger charge is 2.33. The smallest absolute Gasteiger partial charge is 0.277 e. The standard InChI is InChI=1S/C24H23NO5/c1-27-20-14-12-19(13-15-20)24-29-22(17-28-21-10-6-3-7-11-21)16-25(30-24)23(26)18-8-4-2-5-9-18/h2-15,22,24H,16-17H2,1H3/t22-,24-/m1/s1. The van der Waals surface area contributed by atoms with E-state index in [1.165, 1.54) is 5.06 Å². The van der Waals surface area contributed by atoms with Gasteiger partial charge in [0.1, 0.15) is 24.2 Å². The van der Waals surface area contributed by atoms with E-state index in [9.17, 15) is 4.79 Å². The van der Waals surface area contributed by atoms with Crippen molar-refractivity contribution in [3.8, 4) is 11.5 Å². The minimum Gasteiger partial charge on any atom is -0.497 e. The minimum atomic E-state index is -0.735. The van der Waals surface area contributed by atoms with Crippen molar-refractivity contribution in [1.82, 2.24) is 5.06 Å². The van der Waals surface area contributed by atoms with Crippen molar-refractivity contribution >= 4 is 5.91 Å². The molecule has 0 N–H and O–H groups in total. The molecular formula is C24H23NO5. The topological polar surface area (TPSA) is 57.2 Å². The maximum absolute atomic E-state index is 13.0. The lowest BCUT2D eigenvalue weighted by Gasteiger charge is -2.37. The highest BCUT2D eigenvalue weighted by Crippen LogP contribution is 2.29. The van der Waals surface area contributed by atoms with Crippen molar-refractivity contribution < 1.29 is 23.8 Å². The Balaban J connectivity index is 1.52. The Labute approximate surface area is 175 Å². The van der Waals surface area contributed by atoms with Crippen LogP contribution in [0, 0.1) is 0 Å². The first-order valence-electron chi connectivity index (χ1n) is 9.74. The van der Waals surface area contributed by atoms with E-state index in [1.54, 1.807) is 19.2 Å². The lowest BCUT2D eigenvalue weighted by molar-refractivity contribution is -0.325. The van der Waals surface area contributed by atoms with Gasteiger partial charge in [0.05, 0.1) is 13.7 Å². The molecular weight excluding hydrogens is 382 g/mol. The van der Waals surface area contributed by atoms with E-state index in [-0.39, 0.29) is 18.6 Å². The summed E-state index contributed by atoms with van der Waals surface area (Å²) in [7, 11) is 1.61. The fourth-order valence-corrected chi connectivity index (χ4v) is 3.14. The number of carbonyl (C=O) groups is 1. The first kappa shape index (κ1) is 19.9. The first-order valence-corrected chi connectivity index (χ1v) is 9.74. The van der Waals surface area contributed by atoms with Gasteiger partial charge in [-0.15, -0.1) is 0 Å². The molecule has 0 aromatic heterocycles. The summed E-state index contributed by atoms with van der Waals surface area (Å²) in [5, 5.41) is 1.35. The predicted molar refractivity (Wildman–Crippen MR) is 111 cm³/mol. The zero-order valence-electron chi connectivity index (χ0n) is 16.6. The molecule has 1 aliphatic rings. The summed E-state index contributed by atoms with van der Waals surface area (Å²) in [6.07, 6.45) is -1.10. The molecule has 0 aliphatic carbocycles. The molecule has 3 aromatic carbocycles. The second-order valence-electron chi connectivity index (χ2n) is 6.82. The van der Waals surface area contributed by atoms with Crippen molar-refractivity contribution in [3.05, 3.63) is 96.1 Å². The SMILES string of the molecule is COc1ccc([C@@H]2O[C@@H](COc3ccccc3)CN(C(=O)c3ccccc3)O2)cc1. The maximum Gasteiger partial charge on any atom is 0.277 e. The molecule has 1 fully saturated rings. The van der Waals surface area contributed by atoms with Crippen LogP contribution in [0.25, 0.3) is 0 Å². The zero-order valence-corrected chi connectivity index (χ0v) is 16.6. The zero-order chi connectivity index (χ0) is 20.8. The Kier molecular flexibility index (Phi) is 6.27. The number of hydroxylamine groups is 2. The second-order valence-corrected chi connectivity index (χ2v) is 6.82. The summed E-state index contributed by atoms with van der Waals surface area (Å²) in [5.74, 6) is 1.26. The molecule has 1 saturated heterocycles. The fourth-order valence-electron chi connectivity index (χ4n) is 3.14. The van der Waals surface area contributed by atoms with Crippen LogP contribution in [-0.2, 0) is 9.57 Å². The molecule has 6 nitrogen and oxygen atoms in total. The minimum absolute atomic E-state index is 0.220. The molecule has 6 heteroatoms. The predicted octanol–water partition coefficient (Wildman–Crippen LogP) is 4.25. The number of hydrogen-bond acceptors (Lipinski definition) is 5. The molecule has 0 bridgehead atoms. The van der Waals surface area contributed by atoms with Crippen LogP contribution in [-0.4, -0.2) is 37.3 Å². The van der Waals surface area contributed by atoms with E-state index in [2.05, 4.69) is 0 Å². The summed E-state index contributed by atoms with van der Waals surface area (Å²) < 4.78 is 17.2. The van der Waals surface area contributed by atoms with Crippen LogP contribution in [0.5, 0.6) is 11.5 Å². The lowest BCUT2D eigenvalue weighted by atomic mass is 10.2. The molecule has 1 aliphatic heterocycles. The van der Waals surface area contributed by atoms with Crippen LogP contribution in [0.4, 0.5) is 0 Å². The van der Waals surface area contributed by atoms with Gasteiger partial charge in [-0.1, -0.05) is 48.5 Å². The summed E-state index contributed by atoms with van der Waals surface area (Å²) in [4.78, 5) is 18.9. The van der Waals surface area contributed by atoms with Crippen molar-refractivity contribution in [1.29, 1.82) is 0 Å². The van der Waals surface area contributed by atoms with E-state index >= 15 is 0 Å². The number of para-hydroxylation sites is 1. The van der Waals surface area contributed by atoms with Crippen molar-refractivity contribution in [2.75, 3.05) is 20.3 Å². The number of methoxy groups -OCH3 is 1. The number of ether oxygens (including phenoxy) is 3. The third kappa shape index (κ3) is 4.79. The summed E-state index contributed by atoms with van der Waals surface area (Å²) in [6, 6.07) is 25.9. The van der Waals surface area contributed by atoms with Gasteiger partial charge < -0.3 is 14.2 Å². The summed E-state index contributed by atoms with van der Waals surface area (Å²) in [5.41, 5.74) is 1.33. The number of amides is 1. The van der Waals surface area contributed by atoms with Gasteiger partial charge in [-0.3, -0.25) is 4.79 Å². The average Bonchev–Trinajstić information content (AvgIpc) is 2.83. The summed E-state index contributed by atoms with van der Waals surface area (Å²) in [6.45, 7) is 0.547. The molecule has 0 radical (unpaired) electrons. The molecule has 3 aromatic rings. The molecule has 4 rings (SSSR count). The molecule has 30 heavy (non-hydrogen) atoms. The highest BCUT2D eigenvalue weighted by atomic mass is 16.8. The molecule has 0 spiro atoms. The highest BCUT2D eigenvalue weighted by molar-refractivity contribution is 5.93. The van der Waals surface area contributed by atoms with E-state index in [4.69, 9.17) is 19.0 Å². The summed E-state index contributed by atoms with van der Waals surface area (Å²) >= 11 is 0. The molecule has 1 heterocycles. The third-order valence-electron chi connectivity index (χ3n) is 4.72. The van der Waals surface area contributed by atoms with E-state index in [1.807, 2.05) is 72.8 Å². The van der Waals surface area contributed by atoms with Gasteiger partial charge in [0.15, 0.2) is 0 Å². The second kappa shape index (κ2) is 9.43. The van der Waals surface area contributed by atoms with Crippen molar-refractivity contribution in [2.45, 2.75) is 12.4 Å². The van der Waals surface area contributed by atoms with Crippen LogP contribution >= 0.6 is 0 Å². The number of nitrogens with zero attached hydrogens (tertiary/aromatic N) is 1. The fraction of sp³-hybridized carbons (Fsp3) is 0.208. The maximum atomic E-state index is 13.0. The number of rotatable bonds is 6. The van der Waals surface area contributed by atoms with Crippen molar-refractivity contribution in [2.24, 2.45) is 0 Å². The van der Waals surface area contributed by atoms with Gasteiger partial charge in [-0.25, -0.2) is 9.90 Å². The Morgan fingerprint density at radius 2 is 1.60 bits per heavy atom. The van der Waals surface area contributed by atoms with Crippen LogP contribution < -0.4 is 9.47 Å². The molecule has 1 amide bonds. The Bertz CT molecular complexity index is 946. The average molecular weight is 405 g/mol. The monoisotopic (exact) mass is 405 g/mol. The quantitative estimate of drug-likeness (QED) is 0.614. The van der Waals surface area contributed by atoms with Crippen LogP contribution in [0.3, 0.4) is 0 Å². The Morgan fingerprint density at radius 3 is 2.27 bits per heavy atom. The van der Waals surface area contributed by atoms with E-state index in [0.717, 1.165) is 17.1 Å². The van der Waals surface area contributed by atoms with Gasteiger partial charge in [0, 0.05) is 11.1 Å². The molecule has 0 unspecified atom stereocenters. The van der Waals surface area contributed by atoms with Crippen LogP contribution in [0.15, 0.2) is 84.9 Å². The van der Waals surface area contributed by atoms with Gasteiger partial charge in [-0.2, -0.15) is 0 Å². The molecule has 0 saturated carbocycles. The van der Waals surface area contributed by atoms with Gasteiger partial charge in [0.2, 0.25) is 6.29 Å². The van der Waals surface area contributed by atoms with Gasteiger partial charge in [0.25, 0.3) is 5.91 Å². The number of benzene rings is 3. The van der Waals surface area contributed by atoms with Gasteiger partial charge >= 0.3 is 0 Å². The molecule has 2 atom stereocenters. The largest absolute Gasteiger partial charge is 0.497 e. The van der Waals surface area contributed by atoms with E-state index in [0.29, 0.717) is 12.2 Å². The first-order chi connectivity index (χ1) is 14.7. The van der Waals surface area contributed by atoms with E-state index < -0.39 is 6.29 Å². The molecule has 154 valence electrons. The van der Waals surface area contributed by atoms with Gasteiger partial charge in [-0.05, 0) is 36.4 Å². The number of carbonyl (C=O) groups excluding carboxylic acids is 1. The number of hydrogen-bond donors (Lipinski definition) is 0. The van der Waals surface area contributed by atoms with Crippen LogP contribution in [0.2, 0.25) is 0 Å². The lowest BCUT2D eigenvalue weighted by Crippen LogP contribution is -2.47. The van der Waals surface area contributed by atoms with Crippen LogP contribution in [0.1, 0.15) is 22.2 Å². The van der Waals surface area contributed by atoms with Crippen molar-refractivity contribution in [3.63, 3.8) is 0 Å².